The number of hydrogen-bond acceptors (Lipinski definition) is 3. The SMILES string of the molecule is Nc1cccc2c1ncn2C(=O)c1ccc2[nH]ccc2c1. The topological polar surface area (TPSA) is 76.7 Å². The molecule has 0 atom stereocenters. The number of carbonyl (C=O) groups is 1. The first-order chi connectivity index (χ1) is 10.2. The van der Waals surface area contributed by atoms with Gasteiger partial charge in [0.05, 0.1) is 11.2 Å². The number of nitrogens with zero attached hydrogens (tertiary/aromatic N) is 2. The van der Waals surface area contributed by atoms with Crippen LogP contribution in [0, 0.1) is 0 Å². The molecule has 2 aromatic heterocycles. The fourth-order valence-electron chi connectivity index (χ4n) is 2.55. The molecule has 0 bridgehead atoms. The summed E-state index contributed by atoms with van der Waals surface area (Å²) in [6, 6.07) is 12.9. The maximum atomic E-state index is 12.7. The molecular weight excluding hydrogens is 264 g/mol. The Morgan fingerprint density at radius 2 is 2.10 bits per heavy atom. The molecule has 0 spiro atoms. The third-order valence-corrected chi connectivity index (χ3v) is 3.63. The Labute approximate surface area is 120 Å². The van der Waals surface area contributed by atoms with Gasteiger partial charge in [-0.05, 0) is 36.4 Å². The van der Waals surface area contributed by atoms with E-state index in [1.165, 1.54) is 10.9 Å². The Kier molecular flexibility index (Phi) is 2.35. The average Bonchev–Trinajstić information content (AvgIpc) is 3.13. The van der Waals surface area contributed by atoms with Crippen molar-refractivity contribution in [2.45, 2.75) is 0 Å². The van der Waals surface area contributed by atoms with E-state index in [-0.39, 0.29) is 5.91 Å². The van der Waals surface area contributed by atoms with Gasteiger partial charge < -0.3 is 10.7 Å². The van der Waals surface area contributed by atoms with Gasteiger partial charge in [-0.15, -0.1) is 0 Å². The minimum absolute atomic E-state index is 0.119. The van der Waals surface area contributed by atoms with Crippen LogP contribution in [0.1, 0.15) is 10.4 Å². The molecule has 2 heterocycles. The van der Waals surface area contributed by atoms with Gasteiger partial charge in [0, 0.05) is 22.7 Å². The first-order valence-corrected chi connectivity index (χ1v) is 6.57. The molecule has 102 valence electrons. The van der Waals surface area contributed by atoms with Crippen LogP contribution in [-0.4, -0.2) is 20.4 Å². The summed E-state index contributed by atoms with van der Waals surface area (Å²) < 4.78 is 1.53. The molecule has 0 unspecified atom stereocenters. The summed E-state index contributed by atoms with van der Waals surface area (Å²) >= 11 is 0. The predicted octanol–water partition coefficient (Wildman–Crippen LogP) is 2.79. The molecule has 21 heavy (non-hydrogen) atoms. The molecule has 0 aliphatic rings. The Hall–Kier alpha value is -3.08. The van der Waals surface area contributed by atoms with Crippen LogP contribution >= 0.6 is 0 Å². The summed E-state index contributed by atoms with van der Waals surface area (Å²) in [4.78, 5) is 20.0. The van der Waals surface area contributed by atoms with Crippen molar-refractivity contribution >= 4 is 33.5 Å². The smallest absolute Gasteiger partial charge is 0.263 e. The van der Waals surface area contributed by atoms with Gasteiger partial charge in [-0.25, -0.2) is 4.98 Å². The maximum absolute atomic E-state index is 12.7. The number of H-pyrrole nitrogens is 1. The lowest BCUT2D eigenvalue weighted by Gasteiger charge is -2.04. The van der Waals surface area contributed by atoms with E-state index >= 15 is 0 Å². The summed E-state index contributed by atoms with van der Waals surface area (Å²) in [5, 5.41) is 1.00. The number of para-hydroxylation sites is 1. The lowest BCUT2D eigenvalue weighted by atomic mass is 10.1. The van der Waals surface area contributed by atoms with E-state index in [2.05, 4.69) is 9.97 Å². The zero-order valence-electron chi connectivity index (χ0n) is 11.1. The van der Waals surface area contributed by atoms with Crippen molar-refractivity contribution in [3.05, 3.63) is 60.6 Å². The van der Waals surface area contributed by atoms with E-state index < -0.39 is 0 Å². The number of rotatable bonds is 1. The van der Waals surface area contributed by atoms with E-state index in [1.54, 1.807) is 12.1 Å². The van der Waals surface area contributed by atoms with Crippen LogP contribution in [0.15, 0.2) is 55.0 Å². The summed E-state index contributed by atoms with van der Waals surface area (Å²) in [7, 11) is 0. The van der Waals surface area contributed by atoms with E-state index in [9.17, 15) is 4.79 Å². The van der Waals surface area contributed by atoms with Crippen molar-refractivity contribution in [2.24, 2.45) is 0 Å². The number of aromatic amines is 1. The van der Waals surface area contributed by atoms with Gasteiger partial charge in [0.2, 0.25) is 0 Å². The number of carbonyl (C=O) groups excluding carboxylic acids is 1. The molecule has 0 aliphatic carbocycles. The van der Waals surface area contributed by atoms with Crippen LogP contribution in [0.4, 0.5) is 5.69 Å². The summed E-state index contributed by atoms with van der Waals surface area (Å²) in [6.07, 6.45) is 3.37. The van der Waals surface area contributed by atoms with Crippen LogP contribution in [-0.2, 0) is 0 Å². The highest BCUT2D eigenvalue weighted by molar-refractivity contribution is 6.04. The minimum Gasteiger partial charge on any atom is -0.397 e. The molecule has 0 saturated carbocycles. The highest BCUT2D eigenvalue weighted by atomic mass is 16.2. The number of nitrogens with two attached hydrogens (primary N) is 1. The quantitative estimate of drug-likeness (QED) is 0.525. The van der Waals surface area contributed by atoms with Crippen LogP contribution < -0.4 is 5.73 Å². The molecule has 0 radical (unpaired) electrons. The fourth-order valence-corrected chi connectivity index (χ4v) is 2.55. The molecule has 3 N–H and O–H groups in total. The number of hydrogen-bond donors (Lipinski definition) is 2. The fraction of sp³-hybridized carbons (Fsp3) is 0. The van der Waals surface area contributed by atoms with Crippen LogP contribution in [0.25, 0.3) is 21.9 Å². The lowest BCUT2D eigenvalue weighted by Crippen LogP contribution is -2.10. The van der Waals surface area contributed by atoms with E-state index in [0.29, 0.717) is 22.3 Å². The highest BCUT2D eigenvalue weighted by Gasteiger charge is 2.14. The molecule has 4 aromatic rings. The van der Waals surface area contributed by atoms with Crippen LogP contribution in [0.3, 0.4) is 0 Å². The summed E-state index contributed by atoms with van der Waals surface area (Å²) in [5.41, 5.74) is 9.43. The van der Waals surface area contributed by atoms with Crippen LogP contribution in [0.5, 0.6) is 0 Å². The van der Waals surface area contributed by atoms with Crippen LogP contribution in [0.2, 0.25) is 0 Å². The second-order valence-corrected chi connectivity index (χ2v) is 4.91. The molecule has 0 amide bonds. The number of nitrogen functional groups attached to an aromatic ring is 1. The average molecular weight is 276 g/mol. The van der Waals surface area contributed by atoms with Gasteiger partial charge in [-0.2, -0.15) is 0 Å². The first-order valence-electron chi connectivity index (χ1n) is 6.57. The third kappa shape index (κ3) is 1.71. The molecule has 0 aliphatic heterocycles. The summed E-state index contributed by atoms with van der Waals surface area (Å²) in [6.45, 7) is 0. The van der Waals surface area contributed by atoms with E-state index in [4.69, 9.17) is 5.73 Å². The number of imidazole rings is 1. The molecule has 0 saturated heterocycles. The summed E-state index contributed by atoms with van der Waals surface area (Å²) in [5.74, 6) is -0.119. The van der Waals surface area contributed by atoms with Gasteiger partial charge in [0.1, 0.15) is 11.8 Å². The number of benzene rings is 2. The second-order valence-electron chi connectivity index (χ2n) is 4.91. The molecule has 4 rings (SSSR count). The van der Waals surface area contributed by atoms with Crippen molar-refractivity contribution in [1.29, 1.82) is 0 Å². The largest absolute Gasteiger partial charge is 0.397 e. The number of nitrogens with one attached hydrogen (secondary N) is 1. The van der Waals surface area contributed by atoms with Gasteiger partial charge in [-0.1, -0.05) is 6.07 Å². The van der Waals surface area contributed by atoms with Crippen molar-refractivity contribution in [3.63, 3.8) is 0 Å². The number of fused-ring (bicyclic) bond motifs is 2. The molecular formula is C16H12N4O. The van der Waals surface area contributed by atoms with Crippen molar-refractivity contribution in [3.8, 4) is 0 Å². The Morgan fingerprint density at radius 1 is 1.19 bits per heavy atom. The molecule has 2 aromatic carbocycles. The predicted molar refractivity (Wildman–Crippen MR) is 82.2 cm³/mol. The second kappa shape index (κ2) is 4.21. The minimum atomic E-state index is -0.119. The standard InChI is InChI=1S/C16H12N4O/c17-12-2-1-3-14-15(12)19-9-20(14)16(21)11-4-5-13-10(8-11)6-7-18-13/h1-9,18H,17H2. The van der Waals surface area contributed by atoms with Gasteiger partial charge >= 0.3 is 0 Å². The Morgan fingerprint density at radius 3 is 3.00 bits per heavy atom. The molecule has 0 fully saturated rings. The lowest BCUT2D eigenvalue weighted by molar-refractivity contribution is 0.0964. The maximum Gasteiger partial charge on any atom is 0.263 e. The van der Waals surface area contributed by atoms with E-state index in [0.717, 1.165) is 10.9 Å². The Balaban J connectivity index is 1.87. The highest BCUT2D eigenvalue weighted by Crippen LogP contribution is 2.21. The zero-order chi connectivity index (χ0) is 14.4. The molecule has 5 nitrogen and oxygen atoms in total. The number of aromatic nitrogens is 3. The normalized spacial score (nSPS) is 11.2. The molecule has 5 heteroatoms. The van der Waals surface area contributed by atoms with Gasteiger partial charge in [-0.3, -0.25) is 9.36 Å². The number of anilines is 1. The van der Waals surface area contributed by atoms with E-state index in [1.807, 2.05) is 36.5 Å². The zero-order valence-corrected chi connectivity index (χ0v) is 11.1. The first kappa shape index (κ1) is 11.7. The van der Waals surface area contributed by atoms with Gasteiger partial charge in [0.25, 0.3) is 5.91 Å². The third-order valence-electron chi connectivity index (χ3n) is 3.63. The van der Waals surface area contributed by atoms with Crippen molar-refractivity contribution < 1.29 is 4.79 Å². The van der Waals surface area contributed by atoms with Gasteiger partial charge in [0.15, 0.2) is 0 Å². The van der Waals surface area contributed by atoms with Crippen molar-refractivity contribution in [1.82, 2.24) is 14.5 Å². The van der Waals surface area contributed by atoms with Crippen molar-refractivity contribution in [2.75, 3.05) is 5.73 Å². The monoisotopic (exact) mass is 276 g/mol. The Bertz CT molecular complexity index is 980.